The van der Waals surface area contributed by atoms with Gasteiger partial charge in [0.05, 0.1) is 0 Å². The van der Waals surface area contributed by atoms with Crippen LogP contribution in [0.3, 0.4) is 0 Å². The van der Waals surface area contributed by atoms with E-state index in [1.54, 1.807) is 0 Å². The van der Waals surface area contributed by atoms with E-state index in [2.05, 4.69) is 24.1 Å². The summed E-state index contributed by atoms with van der Waals surface area (Å²) in [5, 5.41) is 12.4. The van der Waals surface area contributed by atoms with Gasteiger partial charge < -0.3 is 15.3 Å². The molecule has 4 heteroatoms. The smallest absolute Gasteiger partial charge is 0.320 e. The molecule has 0 aromatic heterocycles. The molecule has 0 aromatic rings. The molecule has 4 nitrogen and oxygen atoms in total. The Morgan fingerprint density at radius 2 is 2.11 bits per heavy atom. The van der Waals surface area contributed by atoms with Crippen molar-refractivity contribution in [1.82, 2.24) is 10.2 Å². The molecule has 1 aliphatic heterocycles. The van der Waals surface area contributed by atoms with E-state index >= 15 is 0 Å². The van der Waals surface area contributed by atoms with Gasteiger partial charge in [0.2, 0.25) is 0 Å². The summed E-state index contributed by atoms with van der Waals surface area (Å²) in [7, 11) is 0. The summed E-state index contributed by atoms with van der Waals surface area (Å²) in [6.07, 6.45) is 5.50. The van der Waals surface area contributed by atoms with Crippen molar-refractivity contribution in [3.05, 3.63) is 0 Å². The number of carbonyl (C=O) groups is 1. The highest BCUT2D eigenvalue weighted by Crippen LogP contribution is 2.23. The normalized spacial score (nSPS) is 31.2. The third-order valence-electron chi connectivity index (χ3n) is 4.29. The molecule has 104 valence electrons. The van der Waals surface area contributed by atoms with Crippen molar-refractivity contribution in [2.24, 2.45) is 5.92 Å². The van der Waals surface area contributed by atoms with Crippen molar-refractivity contribution in [2.45, 2.75) is 64.1 Å². The van der Waals surface area contributed by atoms with Gasteiger partial charge in [0.25, 0.3) is 0 Å². The maximum Gasteiger partial charge on any atom is 0.320 e. The van der Waals surface area contributed by atoms with Crippen LogP contribution in [0.5, 0.6) is 0 Å². The third kappa shape index (κ3) is 3.95. The predicted molar refractivity (Wildman–Crippen MR) is 71.6 cm³/mol. The summed E-state index contributed by atoms with van der Waals surface area (Å²) in [5.41, 5.74) is 0. The Kier molecular flexibility index (Phi) is 4.62. The number of hydrogen-bond donors (Lipinski definition) is 2. The van der Waals surface area contributed by atoms with Gasteiger partial charge in [-0.3, -0.25) is 4.79 Å². The second kappa shape index (κ2) is 6.02. The minimum Gasteiger partial charge on any atom is -0.480 e. The highest BCUT2D eigenvalue weighted by Gasteiger charge is 2.29. The van der Waals surface area contributed by atoms with Crippen LogP contribution in [0, 0.1) is 5.92 Å². The van der Waals surface area contributed by atoms with Crippen LogP contribution in [0.15, 0.2) is 0 Å². The zero-order valence-electron chi connectivity index (χ0n) is 11.6. The first-order valence-electron chi connectivity index (χ1n) is 7.29. The average Bonchev–Trinajstić information content (AvgIpc) is 3.09. The largest absolute Gasteiger partial charge is 0.480 e. The Hall–Kier alpha value is -0.610. The van der Waals surface area contributed by atoms with Crippen LogP contribution < -0.4 is 5.32 Å². The monoisotopic (exact) mass is 254 g/mol. The van der Waals surface area contributed by atoms with E-state index in [4.69, 9.17) is 0 Å². The van der Waals surface area contributed by atoms with Crippen LogP contribution in [0.25, 0.3) is 0 Å². The summed E-state index contributed by atoms with van der Waals surface area (Å²) in [6, 6.07) is 0.707. The standard InChI is InChI=1S/C14H26N2O2/c1-10-5-7-16(11(2)9-10)8-6-13(14(17)18)15-12-3-4-12/h10-13,15H,3-9H2,1-2H3,(H,17,18). The molecular weight excluding hydrogens is 228 g/mol. The SMILES string of the molecule is CC1CCN(CCC(NC2CC2)C(=O)O)C(C)C1. The molecule has 1 saturated carbocycles. The fourth-order valence-corrected chi connectivity index (χ4v) is 2.90. The zero-order chi connectivity index (χ0) is 13.1. The first kappa shape index (κ1) is 13.8. The number of aliphatic carboxylic acids is 1. The van der Waals surface area contributed by atoms with Crippen LogP contribution in [0.2, 0.25) is 0 Å². The topological polar surface area (TPSA) is 52.6 Å². The minimum absolute atomic E-state index is 0.357. The first-order chi connectivity index (χ1) is 8.56. The van der Waals surface area contributed by atoms with Crippen molar-refractivity contribution in [3.8, 4) is 0 Å². The summed E-state index contributed by atoms with van der Waals surface area (Å²) in [6.45, 7) is 6.60. The van der Waals surface area contributed by atoms with Gasteiger partial charge in [0.1, 0.15) is 6.04 Å². The number of hydrogen-bond acceptors (Lipinski definition) is 3. The first-order valence-corrected chi connectivity index (χ1v) is 7.29. The number of likely N-dealkylation sites (tertiary alicyclic amines) is 1. The summed E-state index contributed by atoms with van der Waals surface area (Å²) in [4.78, 5) is 13.6. The molecule has 0 amide bonds. The van der Waals surface area contributed by atoms with E-state index in [1.165, 1.54) is 12.8 Å². The van der Waals surface area contributed by atoms with Crippen LogP contribution >= 0.6 is 0 Å². The molecule has 2 aliphatic rings. The number of carboxylic acids is 1. The van der Waals surface area contributed by atoms with Gasteiger partial charge in [-0.15, -0.1) is 0 Å². The molecule has 0 aromatic carbocycles. The number of nitrogens with one attached hydrogen (secondary N) is 1. The lowest BCUT2D eigenvalue weighted by Crippen LogP contribution is -2.45. The van der Waals surface area contributed by atoms with Gasteiger partial charge in [-0.1, -0.05) is 6.92 Å². The lowest BCUT2D eigenvalue weighted by molar-refractivity contribution is -0.139. The van der Waals surface area contributed by atoms with Gasteiger partial charge in [-0.2, -0.15) is 0 Å². The number of piperidine rings is 1. The quantitative estimate of drug-likeness (QED) is 0.757. The van der Waals surface area contributed by atoms with E-state index in [9.17, 15) is 9.90 Å². The summed E-state index contributed by atoms with van der Waals surface area (Å²) >= 11 is 0. The van der Waals surface area contributed by atoms with Crippen LogP contribution in [-0.4, -0.2) is 47.2 Å². The fourth-order valence-electron chi connectivity index (χ4n) is 2.90. The molecule has 0 radical (unpaired) electrons. The molecule has 3 atom stereocenters. The summed E-state index contributed by atoms with van der Waals surface area (Å²) < 4.78 is 0. The predicted octanol–water partition coefficient (Wildman–Crippen LogP) is 1.70. The van der Waals surface area contributed by atoms with Crippen molar-refractivity contribution in [3.63, 3.8) is 0 Å². The Balaban J connectivity index is 1.75. The molecule has 2 rings (SSSR count). The lowest BCUT2D eigenvalue weighted by Gasteiger charge is -2.37. The Morgan fingerprint density at radius 1 is 1.39 bits per heavy atom. The molecule has 1 aliphatic carbocycles. The maximum absolute atomic E-state index is 11.2. The highest BCUT2D eigenvalue weighted by atomic mass is 16.4. The maximum atomic E-state index is 11.2. The van der Waals surface area contributed by atoms with Gasteiger partial charge in [0.15, 0.2) is 0 Å². The fraction of sp³-hybridized carbons (Fsp3) is 0.929. The molecular formula is C14H26N2O2. The molecule has 2 N–H and O–H groups in total. The lowest BCUT2D eigenvalue weighted by atomic mass is 9.93. The van der Waals surface area contributed by atoms with Crippen molar-refractivity contribution in [2.75, 3.05) is 13.1 Å². The second-order valence-electron chi connectivity index (χ2n) is 6.13. The van der Waals surface area contributed by atoms with Crippen LogP contribution in [0.4, 0.5) is 0 Å². The second-order valence-corrected chi connectivity index (χ2v) is 6.13. The number of carboxylic acid groups (broad SMARTS) is 1. The zero-order valence-corrected chi connectivity index (χ0v) is 11.6. The molecule has 1 heterocycles. The van der Waals surface area contributed by atoms with E-state index < -0.39 is 5.97 Å². The Bertz CT molecular complexity index is 292. The highest BCUT2D eigenvalue weighted by molar-refractivity contribution is 5.73. The number of rotatable bonds is 6. The van der Waals surface area contributed by atoms with Gasteiger partial charge >= 0.3 is 5.97 Å². The minimum atomic E-state index is -0.695. The van der Waals surface area contributed by atoms with Crippen molar-refractivity contribution < 1.29 is 9.90 Å². The van der Waals surface area contributed by atoms with Gasteiger partial charge in [-0.05, 0) is 51.5 Å². The molecule has 0 bridgehead atoms. The van der Waals surface area contributed by atoms with E-state index in [-0.39, 0.29) is 6.04 Å². The molecule has 18 heavy (non-hydrogen) atoms. The molecule has 0 spiro atoms. The average molecular weight is 254 g/mol. The van der Waals surface area contributed by atoms with Gasteiger partial charge in [0, 0.05) is 18.6 Å². The van der Waals surface area contributed by atoms with Crippen LogP contribution in [-0.2, 0) is 4.79 Å². The van der Waals surface area contributed by atoms with E-state index in [1.807, 2.05) is 0 Å². The molecule has 2 fully saturated rings. The Morgan fingerprint density at radius 3 is 2.67 bits per heavy atom. The summed E-state index contributed by atoms with van der Waals surface area (Å²) in [5.74, 6) is 0.121. The molecule has 1 saturated heterocycles. The van der Waals surface area contributed by atoms with E-state index in [0.717, 1.165) is 38.3 Å². The van der Waals surface area contributed by atoms with E-state index in [0.29, 0.717) is 12.1 Å². The number of nitrogens with zero attached hydrogens (tertiary/aromatic N) is 1. The van der Waals surface area contributed by atoms with Crippen molar-refractivity contribution in [1.29, 1.82) is 0 Å². The molecule has 3 unspecified atom stereocenters. The van der Waals surface area contributed by atoms with Crippen LogP contribution in [0.1, 0.15) is 46.0 Å². The van der Waals surface area contributed by atoms with Crippen molar-refractivity contribution >= 4 is 5.97 Å². The van der Waals surface area contributed by atoms with Gasteiger partial charge in [-0.25, -0.2) is 0 Å². The Labute approximate surface area is 110 Å². The third-order valence-corrected chi connectivity index (χ3v) is 4.29.